The molecule has 0 aliphatic rings. The van der Waals surface area contributed by atoms with E-state index < -0.39 is 6.10 Å². The monoisotopic (exact) mass is 148 g/mol. The van der Waals surface area contributed by atoms with E-state index in [1.807, 2.05) is 11.9 Å². The smallest absolute Gasteiger partial charge is 0.0897 e. The van der Waals surface area contributed by atoms with Gasteiger partial charge in [0.15, 0.2) is 0 Å². The number of nitrogens with zero attached hydrogens (tertiary/aromatic N) is 1. The molecule has 0 rings (SSSR count). The van der Waals surface area contributed by atoms with E-state index in [4.69, 9.17) is 15.9 Å². The fourth-order valence-corrected chi connectivity index (χ4v) is 0.729. The van der Waals surface area contributed by atoms with E-state index in [-0.39, 0.29) is 6.61 Å². The molecule has 1 unspecified atom stereocenters. The Kier molecular flexibility index (Phi) is 5.52. The van der Waals surface area contributed by atoms with Crippen molar-refractivity contribution in [2.24, 2.45) is 5.73 Å². The fraction of sp³-hybridized carbons (Fsp3) is 1.00. The average Bonchev–Trinajstić information content (AvgIpc) is 1.88. The zero-order valence-electron chi connectivity index (χ0n) is 6.32. The maximum absolute atomic E-state index is 8.92. The highest BCUT2D eigenvalue weighted by molar-refractivity contribution is 4.59. The van der Waals surface area contributed by atoms with Crippen molar-refractivity contribution < 1.29 is 10.2 Å². The molecule has 0 bridgehead atoms. The summed E-state index contributed by atoms with van der Waals surface area (Å²) in [7, 11) is 1.85. The van der Waals surface area contributed by atoms with Gasteiger partial charge >= 0.3 is 0 Å². The number of hydrogen-bond acceptors (Lipinski definition) is 4. The zero-order valence-corrected chi connectivity index (χ0v) is 6.32. The molecule has 4 heteroatoms. The molecule has 0 spiro atoms. The summed E-state index contributed by atoms with van der Waals surface area (Å²) in [6.45, 7) is 1.62. The van der Waals surface area contributed by atoms with Crippen LogP contribution in [-0.2, 0) is 0 Å². The first-order valence-corrected chi connectivity index (χ1v) is 3.38. The highest BCUT2D eigenvalue weighted by Gasteiger charge is 2.04. The maximum Gasteiger partial charge on any atom is 0.0897 e. The third-order valence-corrected chi connectivity index (χ3v) is 1.24. The summed E-state index contributed by atoms with van der Waals surface area (Å²) in [5.41, 5.74) is 5.26. The number of aliphatic hydroxyl groups is 2. The van der Waals surface area contributed by atoms with E-state index in [1.165, 1.54) is 0 Å². The summed E-state index contributed by atoms with van der Waals surface area (Å²) < 4.78 is 0. The van der Waals surface area contributed by atoms with Gasteiger partial charge in [-0.15, -0.1) is 0 Å². The molecule has 0 fully saturated rings. The second kappa shape index (κ2) is 5.61. The maximum atomic E-state index is 8.92. The van der Waals surface area contributed by atoms with Crippen molar-refractivity contribution in [2.45, 2.75) is 6.10 Å². The van der Waals surface area contributed by atoms with Crippen LogP contribution in [0.4, 0.5) is 0 Å². The van der Waals surface area contributed by atoms with Crippen LogP contribution in [0.5, 0.6) is 0 Å². The summed E-state index contributed by atoms with van der Waals surface area (Å²) in [6, 6.07) is 0. The first kappa shape index (κ1) is 9.84. The number of aliphatic hydroxyl groups excluding tert-OH is 2. The molecule has 0 saturated heterocycles. The van der Waals surface area contributed by atoms with E-state index in [0.717, 1.165) is 6.54 Å². The second-order valence-corrected chi connectivity index (χ2v) is 2.39. The Balaban J connectivity index is 3.27. The number of rotatable bonds is 5. The van der Waals surface area contributed by atoms with Crippen LogP contribution in [0, 0.1) is 0 Å². The standard InChI is InChI=1S/C6H16N2O2/c1-8(3-2-7)4-6(10)5-9/h6,9-10H,2-5,7H2,1H3. The number of hydrogen-bond donors (Lipinski definition) is 3. The van der Waals surface area contributed by atoms with Crippen LogP contribution in [0.3, 0.4) is 0 Å². The van der Waals surface area contributed by atoms with Crippen LogP contribution < -0.4 is 5.73 Å². The summed E-state index contributed by atoms with van der Waals surface area (Å²) >= 11 is 0. The summed E-state index contributed by atoms with van der Waals surface area (Å²) in [4.78, 5) is 1.88. The van der Waals surface area contributed by atoms with E-state index in [0.29, 0.717) is 13.1 Å². The molecule has 4 N–H and O–H groups in total. The predicted octanol–water partition coefficient (Wildman–Crippen LogP) is -1.77. The molecule has 0 aromatic carbocycles. The average molecular weight is 148 g/mol. The van der Waals surface area contributed by atoms with Gasteiger partial charge in [-0.05, 0) is 7.05 Å². The Morgan fingerprint density at radius 2 is 2.20 bits per heavy atom. The van der Waals surface area contributed by atoms with Crippen molar-refractivity contribution in [1.29, 1.82) is 0 Å². The van der Waals surface area contributed by atoms with Crippen LogP contribution in [0.1, 0.15) is 0 Å². The minimum Gasteiger partial charge on any atom is -0.394 e. The van der Waals surface area contributed by atoms with Crippen molar-refractivity contribution in [1.82, 2.24) is 4.90 Å². The fourth-order valence-electron chi connectivity index (χ4n) is 0.729. The van der Waals surface area contributed by atoms with Crippen molar-refractivity contribution in [3.8, 4) is 0 Å². The molecular weight excluding hydrogens is 132 g/mol. The molecule has 0 aliphatic carbocycles. The molecule has 0 heterocycles. The summed E-state index contributed by atoms with van der Waals surface area (Å²) in [5.74, 6) is 0. The highest BCUT2D eigenvalue weighted by Crippen LogP contribution is 1.85. The Labute approximate surface area is 61.3 Å². The van der Waals surface area contributed by atoms with Crippen LogP contribution in [0.15, 0.2) is 0 Å². The number of likely N-dealkylation sites (N-methyl/N-ethyl adjacent to an activating group) is 1. The first-order valence-electron chi connectivity index (χ1n) is 3.38. The van der Waals surface area contributed by atoms with Crippen LogP contribution >= 0.6 is 0 Å². The van der Waals surface area contributed by atoms with Crippen molar-refractivity contribution in [3.05, 3.63) is 0 Å². The van der Waals surface area contributed by atoms with Gasteiger partial charge in [0.05, 0.1) is 12.7 Å². The SMILES string of the molecule is CN(CCN)CC(O)CO. The predicted molar refractivity (Wildman–Crippen MR) is 39.6 cm³/mol. The molecule has 0 radical (unpaired) electrons. The van der Waals surface area contributed by atoms with Crippen molar-refractivity contribution in [3.63, 3.8) is 0 Å². The minimum absolute atomic E-state index is 0.186. The second-order valence-electron chi connectivity index (χ2n) is 2.39. The van der Waals surface area contributed by atoms with E-state index in [9.17, 15) is 0 Å². The molecule has 0 aromatic heterocycles. The van der Waals surface area contributed by atoms with E-state index in [1.54, 1.807) is 0 Å². The van der Waals surface area contributed by atoms with Gasteiger partial charge in [-0.25, -0.2) is 0 Å². The summed E-state index contributed by atoms with van der Waals surface area (Å²) in [6.07, 6.45) is -0.642. The van der Waals surface area contributed by atoms with Gasteiger partial charge in [0.2, 0.25) is 0 Å². The van der Waals surface area contributed by atoms with Gasteiger partial charge in [-0.3, -0.25) is 0 Å². The lowest BCUT2D eigenvalue weighted by molar-refractivity contribution is 0.0674. The molecule has 0 aliphatic heterocycles. The molecule has 0 aromatic rings. The van der Waals surface area contributed by atoms with Crippen molar-refractivity contribution in [2.75, 3.05) is 33.3 Å². The lowest BCUT2D eigenvalue weighted by Gasteiger charge is -2.17. The number of nitrogens with two attached hydrogens (primary N) is 1. The largest absolute Gasteiger partial charge is 0.394 e. The van der Waals surface area contributed by atoms with E-state index >= 15 is 0 Å². The van der Waals surface area contributed by atoms with E-state index in [2.05, 4.69) is 0 Å². The lowest BCUT2D eigenvalue weighted by atomic mass is 10.3. The Hall–Kier alpha value is -0.160. The third-order valence-electron chi connectivity index (χ3n) is 1.24. The van der Waals surface area contributed by atoms with Gasteiger partial charge in [0.25, 0.3) is 0 Å². The zero-order chi connectivity index (χ0) is 7.98. The van der Waals surface area contributed by atoms with Gasteiger partial charge in [-0.1, -0.05) is 0 Å². The Bertz CT molecular complexity index is 80.1. The van der Waals surface area contributed by atoms with Gasteiger partial charge in [0.1, 0.15) is 0 Å². The highest BCUT2D eigenvalue weighted by atomic mass is 16.3. The lowest BCUT2D eigenvalue weighted by Crippen LogP contribution is -2.34. The molecule has 62 valence electrons. The first-order chi connectivity index (χ1) is 4.70. The van der Waals surface area contributed by atoms with Crippen LogP contribution in [-0.4, -0.2) is 54.5 Å². The van der Waals surface area contributed by atoms with Gasteiger partial charge in [-0.2, -0.15) is 0 Å². The molecule has 1 atom stereocenters. The molecule has 0 saturated carbocycles. The van der Waals surface area contributed by atoms with Gasteiger partial charge in [0, 0.05) is 19.6 Å². The molecule has 0 amide bonds. The van der Waals surface area contributed by atoms with Crippen molar-refractivity contribution >= 4 is 0 Å². The molecule has 4 nitrogen and oxygen atoms in total. The molecule has 10 heavy (non-hydrogen) atoms. The van der Waals surface area contributed by atoms with Gasteiger partial charge < -0.3 is 20.8 Å². The Morgan fingerprint density at radius 3 is 2.60 bits per heavy atom. The third kappa shape index (κ3) is 4.69. The summed E-state index contributed by atoms with van der Waals surface area (Å²) in [5, 5.41) is 17.4. The Morgan fingerprint density at radius 1 is 1.60 bits per heavy atom. The van der Waals surface area contributed by atoms with Crippen LogP contribution in [0.2, 0.25) is 0 Å². The topological polar surface area (TPSA) is 69.7 Å². The minimum atomic E-state index is -0.642. The normalized spacial score (nSPS) is 14.1. The molecular formula is C6H16N2O2. The van der Waals surface area contributed by atoms with Crippen LogP contribution in [0.25, 0.3) is 0 Å². The quantitative estimate of drug-likeness (QED) is 0.431.